The number of aliphatic hydroxyl groups is 1. The maximum atomic E-state index is 12.6. The van der Waals surface area contributed by atoms with Gasteiger partial charge in [-0.05, 0) is 50.7 Å². The van der Waals surface area contributed by atoms with Crippen LogP contribution in [0.4, 0.5) is 0 Å². The van der Waals surface area contributed by atoms with Gasteiger partial charge < -0.3 is 15.2 Å². The van der Waals surface area contributed by atoms with Crippen molar-refractivity contribution in [3.8, 4) is 0 Å². The van der Waals surface area contributed by atoms with Gasteiger partial charge in [0.05, 0.1) is 17.8 Å². The summed E-state index contributed by atoms with van der Waals surface area (Å²) in [7, 11) is 0. The molecule has 1 heterocycles. The Morgan fingerprint density at radius 3 is 2.74 bits per heavy atom. The first-order valence-electron chi connectivity index (χ1n) is 8.55. The van der Waals surface area contributed by atoms with E-state index in [9.17, 15) is 9.90 Å². The van der Waals surface area contributed by atoms with E-state index in [0.717, 1.165) is 61.3 Å². The van der Waals surface area contributed by atoms with Gasteiger partial charge in [0.25, 0.3) is 5.91 Å². The summed E-state index contributed by atoms with van der Waals surface area (Å²) < 4.78 is 5.66. The zero-order valence-electron chi connectivity index (χ0n) is 13.4. The van der Waals surface area contributed by atoms with Crippen molar-refractivity contribution in [1.29, 1.82) is 0 Å². The highest BCUT2D eigenvalue weighted by Gasteiger charge is 2.23. The van der Waals surface area contributed by atoms with E-state index in [1.807, 2.05) is 24.3 Å². The number of amides is 1. The highest BCUT2D eigenvalue weighted by Crippen LogP contribution is 2.27. The van der Waals surface area contributed by atoms with Crippen molar-refractivity contribution in [1.82, 2.24) is 5.32 Å². The van der Waals surface area contributed by atoms with Gasteiger partial charge >= 0.3 is 0 Å². The second-order valence-corrected chi connectivity index (χ2v) is 7.48. The third kappa shape index (κ3) is 4.72. The van der Waals surface area contributed by atoms with Gasteiger partial charge in [-0.1, -0.05) is 12.1 Å². The third-order valence-corrected chi connectivity index (χ3v) is 5.82. The molecule has 1 aliphatic heterocycles. The summed E-state index contributed by atoms with van der Waals surface area (Å²) in [5.74, 6) is 0.904. The van der Waals surface area contributed by atoms with Crippen LogP contribution in [-0.4, -0.2) is 41.6 Å². The molecule has 0 aromatic heterocycles. The summed E-state index contributed by atoms with van der Waals surface area (Å²) in [6.45, 7) is 0.862. The average Bonchev–Trinajstić information content (AvgIpc) is 3.09. The lowest BCUT2D eigenvalue weighted by Crippen LogP contribution is -2.38. The molecule has 0 radical (unpaired) electrons. The maximum Gasteiger partial charge on any atom is 0.252 e. The Morgan fingerprint density at radius 1 is 1.22 bits per heavy atom. The summed E-state index contributed by atoms with van der Waals surface area (Å²) in [4.78, 5) is 13.6. The fourth-order valence-electron chi connectivity index (χ4n) is 3.22. The van der Waals surface area contributed by atoms with E-state index < -0.39 is 0 Å². The van der Waals surface area contributed by atoms with Crippen molar-refractivity contribution in [2.24, 2.45) is 0 Å². The molecule has 1 aromatic carbocycles. The number of aliphatic hydroxyl groups excluding tert-OH is 1. The minimum atomic E-state index is -0.197. The molecule has 1 amide bonds. The largest absolute Gasteiger partial charge is 0.393 e. The quantitative estimate of drug-likeness (QED) is 0.812. The Hall–Kier alpha value is -1.04. The van der Waals surface area contributed by atoms with E-state index in [0.29, 0.717) is 6.10 Å². The first-order chi connectivity index (χ1) is 11.2. The van der Waals surface area contributed by atoms with Crippen LogP contribution in [0.1, 0.15) is 48.9 Å². The number of carbonyl (C=O) groups is 1. The lowest BCUT2D eigenvalue weighted by Gasteiger charge is -2.26. The highest BCUT2D eigenvalue weighted by atomic mass is 32.2. The second kappa shape index (κ2) is 8.18. The third-order valence-electron chi connectivity index (χ3n) is 4.61. The van der Waals surface area contributed by atoms with Crippen molar-refractivity contribution in [2.45, 2.75) is 61.7 Å². The van der Waals surface area contributed by atoms with Gasteiger partial charge in [-0.3, -0.25) is 4.79 Å². The summed E-state index contributed by atoms with van der Waals surface area (Å²) in [6, 6.07) is 7.98. The molecule has 1 atom stereocenters. The monoisotopic (exact) mass is 335 g/mol. The molecule has 23 heavy (non-hydrogen) atoms. The fourth-order valence-corrected chi connectivity index (χ4v) is 4.34. The molecule has 0 spiro atoms. The molecular formula is C18H25NO3S. The van der Waals surface area contributed by atoms with E-state index in [-0.39, 0.29) is 18.1 Å². The normalized spacial score (nSPS) is 27.8. The van der Waals surface area contributed by atoms with Crippen LogP contribution in [0.25, 0.3) is 0 Å². The van der Waals surface area contributed by atoms with Crippen molar-refractivity contribution in [2.75, 3.05) is 12.4 Å². The number of ether oxygens (including phenoxy) is 1. The molecule has 5 heteroatoms. The number of benzene rings is 1. The molecular weight excluding hydrogens is 310 g/mol. The highest BCUT2D eigenvalue weighted by molar-refractivity contribution is 7.99. The summed E-state index contributed by atoms with van der Waals surface area (Å²) in [5, 5.41) is 12.7. The van der Waals surface area contributed by atoms with Crippen molar-refractivity contribution >= 4 is 17.7 Å². The smallest absolute Gasteiger partial charge is 0.252 e. The predicted molar refractivity (Wildman–Crippen MR) is 91.9 cm³/mol. The zero-order chi connectivity index (χ0) is 16.1. The van der Waals surface area contributed by atoms with E-state index in [2.05, 4.69) is 5.32 Å². The van der Waals surface area contributed by atoms with E-state index >= 15 is 0 Å². The summed E-state index contributed by atoms with van der Waals surface area (Å²) in [5.41, 5.74) is 0.751. The van der Waals surface area contributed by atoms with Crippen molar-refractivity contribution < 1.29 is 14.6 Å². The van der Waals surface area contributed by atoms with E-state index in [4.69, 9.17) is 4.74 Å². The van der Waals surface area contributed by atoms with E-state index in [1.165, 1.54) is 0 Å². The topological polar surface area (TPSA) is 58.6 Å². The molecule has 0 bridgehead atoms. The number of nitrogens with one attached hydrogen (secondary N) is 1. The van der Waals surface area contributed by atoms with Crippen molar-refractivity contribution in [3.63, 3.8) is 0 Å². The Bertz CT molecular complexity index is 523. The number of hydrogen-bond donors (Lipinski definition) is 2. The Labute approximate surface area is 142 Å². The first kappa shape index (κ1) is 16.8. The van der Waals surface area contributed by atoms with Gasteiger partial charge in [0, 0.05) is 23.3 Å². The van der Waals surface area contributed by atoms with Gasteiger partial charge in [0.2, 0.25) is 0 Å². The number of carbonyl (C=O) groups excluding carboxylic acids is 1. The SMILES string of the molecule is O=C(NC1CCC(O)CC1)c1ccccc1SCC1CCCO1. The molecule has 2 N–H and O–H groups in total. The molecule has 1 saturated heterocycles. The maximum absolute atomic E-state index is 12.6. The molecule has 3 rings (SSSR count). The molecule has 1 aromatic rings. The number of hydrogen-bond acceptors (Lipinski definition) is 4. The molecule has 126 valence electrons. The van der Waals surface area contributed by atoms with Gasteiger partial charge in [0.1, 0.15) is 0 Å². The Morgan fingerprint density at radius 2 is 2.00 bits per heavy atom. The molecule has 2 fully saturated rings. The van der Waals surface area contributed by atoms with Crippen LogP contribution in [0.15, 0.2) is 29.2 Å². The minimum Gasteiger partial charge on any atom is -0.393 e. The standard InChI is InChI=1S/C18H25NO3S/c20-14-9-7-13(8-10-14)19-18(21)16-5-1-2-6-17(16)23-12-15-4-3-11-22-15/h1-2,5-6,13-15,20H,3-4,7-12H2,(H,19,21). The van der Waals surface area contributed by atoms with Crippen LogP contribution in [0, 0.1) is 0 Å². The average molecular weight is 335 g/mol. The van der Waals surface area contributed by atoms with Crippen LogP contribution in [-0.2, 0) is 4.74 Å². The molecule has 2 aliphatic rings. The molecule has 1 unspecified atom stereocenters. The van der Waals surface area contributed by atoms with Crippen LogP contribution in [0.3, 0.4) is 0 Å². The van der Waals surface area contributed by atoms with Crippen LogP contribution < -0.4 is 5.32 Å². The number of rotatable bonds is 5. The first-order valence-corrected chi connectivity index (χ1v) is 9.53. The van der Waals surface area contributed by atoms with E-state index in [1.54, 1.807) is 11.8 Å². The molecule has 4 nitrogen and oxygen atoms in total. The van der Waals surface area contributed by atoms with Gasteiger partial charge in [-0.2, -0.15) is 0 Å². The lowest BCUT2D eigenvalue weighted by atomic mass is 9.93. The molecule has 1 saturated carbocycles. The fraction of sp³-hybridized carbons (Fsp3) is 0.611. The Balaban J connectivity index is 1.58. The number of thioether (sulfide) groups is 1. The lowest BCUT2D eigenvalue weighted by molar-refractivity contribution is 0.0865. The predicted octanol–water partition coefficient (Wildman–Crippen LogP) is 2.99. The van der Waals surface area contributed by atoms with Crippen LogP contribution >= 0.6 is 11.8 Å². The summed E-state index contributed by atoms with van der Waals surface area (Å²) >= 11 is 1.71. The molecule has 1 aliphatic carbocycles. The van der Waals surface area contributed by atoms with Gasteiger partial charge in [-0.25, -0.2) is 0 Å². The second-order valence-electron chi connectivity index (χ2n) is 6.42. The van der Waals surface area contributed by atoms with Crippen molar-refractivity contribution in [3.05, 3.63) is 29.8 Å². The van der Waals surface area contributed by atoms with Crippen LogP contribution in [0.2, 0.25) is 0 Å². The minimum absolute atomic E-state index is 0.00169. The zero-order valence-corrected chi connectivity index (χ0v) is 14.2. The Kier molecular flexibility index (Phi) is 5.97. The van der Waals surface area contributed by atoms with Gasteiger partial charge in [0.15, 0.2) is 0 Å². The van der Waals surface area contributed by atoms with Gasteiger partial charge in [-0.15, -0.1) is 11.8 Å². The summed E-state index contributed by atoms with van der Waals surface area (Å²) in [6.07, 6.45) is 5.65. The van der Waals surface area contributed by atoms with Crippen LogP contribution in [0.5, 0.6) is 0 Å².